The number of rotatable bonds is 5. The average Bonchev–Trinajstić information content (AvgIpc) is 2.97. The van der Waals surface area contributed by atoms with Crippen LogP contribution in [0.4, 0.5) is 0 Å². The van der Waals surface area contributed by atoms with Crippen molar-refractivity contribution in [3.8, 4) is 0 Å². The largest absolute Gasteiger partial charge is 0.380 e. The molecule has 21 heavy (non-hydrogen) atoms. The van der Waals surface area contributed by atoms with E-state index in [2.05, 4.69) is 75.3 Å². The zero-order valence-electron chi connectivity index (χ0n) is 13.3. The van der Waals surface area contributed by atoms with E-state index >= 15 is 0 Å². The third kappa shape index (κ3) is 3.85. The summed E-state index contributed by atoms with van der Waals surface area (Å²) in [6, 6.07) is 10.8. The van der Waals surface area contributed by atoms with Crippen molar-refractivity contribution >= 4 is 22.6 Å². The topological polar surface area (TPSA) is 12.0 Å². The van der Waals surface area contributed by atoms with Crippen LogP contribution in [0, 0.1) is 6.92 Å². The Bertz CT molecular complexity index is 659. The van der Waals surface area contributed by atoms with Gasteiger partial charge in [0.1, 0.15) is 0 Å². The van der Waals surface area contributed by atoms with E-state index in [1.165, 1.54) is 27.2 Å². The number of thiophene rings is 1. The van der Waals surface area contributed by atoms with Gasteiger partial charge in [0.2, 0.25) is 0 Å². The maximum Gasteiger partial charge on any atom is 0.0494 e. The molecule has 0 bridgehead atoms. The maximum absolute atomic E-state index is 4.18. The average molecular weight is 297 g/mol. The van der Waals surface area contributed by atoms with E-state index in [9.17, 15) is 0 Å². The Hall–Kier alpha value is -1.80. The number of hydrogen-bond acceptors (Lipinski definition) is 2. The first-order valence-electron chi connectivity index (χ1n) is 7.19. The van der Waals surface area contributed by atoms with Crippen LogP contribution >= 0.6 is 11.3 Å². The lowest BCUT2D eigenvalue weighted by molar-refractivity contribution is 0.909. The van der Waals surface area contributed by atoms with Crippen molar-refractivity contribution in [1.29, 1.82) is 0 Å². The van der Waals surface area contributed by atoms with Gasteiger partial charge >= 0.3 is 0 Å². The molecule has 0 unspecified atom stereocenters. The zero-order valence-corrected chi connectivity index (χ0v) is 14.1. The van der Waals surface area contributed by atoms with Crippen LogP contribution in [0.5, 0.6) is 0 Å². The van der Waals surface area contributed by atoms with Crippen LogP contribution < -0.4 is 5.32 Å². The molecule has 1 aromatic heterocycles. The van der Waals surface area contributed by atoms with Crippen molar-refractivity contribution in [2.75, 3.05) is 0 Å². The predicted octanol–water partition coefficient (Wildman–Crippen LogP) is 5.63. The fourth-order valence-electron chi connectivity index (χ4n) is 2.19. The van der Waals surface area contributed by atoms with Crippen LogP contribution in [-0.4, -0.2) is 0 Å². The molecule has 1 heterocycles. The lowest BCUT2D eigenvalue weighted by Crippen LogP contribution is -2.10. The standard InChI is InChI=1S/C19H23NS/c1-13(2)15(4)19-11-17(9-8-14(19)3)16(5)20-12-18-7-6-10-21-18/h6-11,20H,5,12H2,1-4H3. The minimum atomic E-state index is 0.835. The van der Waals surface area contributed by atoms with Gasteiger partial charge in [-0.3, -0.25) is 0 Å². The number of aryl methyl sites for hydroxylation is 1. The fraction of sp³-hybridized carbons (Fsp3) is 0.263. The van der Waals surface area contributed by atoms with Crippen molar-refractivity contribution < 1.29 is 0 Å². The molecule has 0 aliphatic rings. The first-order valence-corrected chi connectivity index (χ1v) is 8.07. The summed E-state index contributed by atoms with van der Waals surface area (Å²) in [5, 5.41) is 5.52. The molecule has 0 amide bonds. The molecular formula is C19H23NS. The Morgan fingerprint density at radius 3 is 2.57 bits per heavy atom. The molecule has 2 rings (SSSR count). The molecule has 0 saturated heterocycles. The Morgan fingerprint density at radius 2 is 1.95 bits per heavy atom. The molecule has 0 radical (unpaired) electrons. The summed E-state index contributed by atoms with van der Waals surface area (Å²) < 4.78 is 0. The smallest absolute Gasteiger partial charge is 0.0494 e. The molecule has 1 aromatic carbocycles. The summed E-state index contributed by atoms with van der Waals surface area (Å²) in [5.41, 5.74) is 7.46. The lowest BCUT2D eigenvalue weighted by Gasteiger charge is -2.14. The Labute approximate surface area is 132 Å². The highest BCUT2D eigenvalue weighted by molar-refractivity contribution is 7.09. The molecule has 0 aliphatic heterocycles. The summed E-state index contributed by atoms with van der Waals surface area (Å²) in [7, 11) is 0. The van der Waals surface area contributed by atoms with Crippen molar-refractivity contribution in [3.05, 3.63) is 69.4 Å². The van der Waals surface area contributed by atoms with E-state index in [0.29, 0.717) is 0 Å². The SMILES string of the molecule is C=C(NCc1cccs1)c1ccc(C)c(C(C)=C(C)C)c1. The lowest BCUT2D eigenvalue weighted by atomic mass is 9.95. The van der Waals surface area contributed by atoms with Gasteiger partial charge in [0.25, 0.3) is 0 Å². The number of hydrogen-bond donors (Lipinski definition) is 1. The predicted molar refractivity (Wildman–Crippen MR) is 95.3 cm³/mol. The van der Waals surface area contributed by atoms with Crippen molar-refractivity contribution in [2.45, 2.75) is 34.2 Å². The van der Waals surface area contributed by atoms with Crippen LogP contribution in [0.3, 0.4) is 0 Å². The first-order chi connectivity index (χ1) is 9.99. The van der Waals surface area contributed by atoms with Crippen molar-refractivity contribution in [3.63, 3.8) is 0 Å². The van der Waals surface area contributed by atoms with E-state index in [0.717, 1.165) is 17.8 Å². The zero-order chi connectivity index (χ0) is 15.4. The van der Waals surface area contributed by atoms with Gasteiger partial charge in [-0.25, -0.2) is 0 Å². The van der Waals surface area contributed by atoms with Crippen molar-refractivity contribution in [1.82, 2.24) is 5.32 Å². The highest BCUT2D eigenvalue weighted by Crippen LogP contribution is 2.25. The normalized spacial score (nSPS) is 10.3. The molecule has 0 fully saturated rings. The third-order valence-electron chi connectivity index (χ3n) is 3.80. The summed E-state index contributed by atoms with van der Waals surface area (Å²) >= 11 is 1.76. The fourth-order valence-corrected chi connectivity index (χ4v) is 2.84. The second-order valence-electron chi connectivity index (χ2n) is 5.57. The summed E-state index contributed by atoms with van der Waals surface area (Å²) in [4.78, 5) is 1.32. The third-order valence-corrected chi connectivity index (χ3v) is 4.67. The Balaban J connectivity index is 2.18. The van der Waals surface area contributed by atoms with E-state index < -0.39 is 0 Å². The molecule has 2 aromatic rings. The number of nitrogens with one attached hydrogen (secondary N) is 1. The van der Waals surface area contributed by atoms with Gasteiger partial charge in [0, 0.05) is 17.1 Å². The van der Waals surface area contributed by atoms with Crippen LogP contribution in [0.2, 0.25) is 0 Å². The highest BCUT2D eigenvalue weighted by Gasteiger charge is 2.06. The first kappa shape index (κ1) is 15.6. The van der Waals surface area contributed by atoms with Gasteiger partial charge in [-0.2, -0.15) is 0 Å². The van der Waals surface area contributed by atoms with Crippen LogP contribution in [0.25, 0.3) is 11.3 Å². The molecule has 0 atom stereocenters. The quantitative estimate of drug-likeness (QED) is 0.754. The van der Waals surface area contributed by atoms with Gasteiger partial charge in [-0.15, -0.1) is 11.3 Å². The van der Waals surface area contributed by atoms with Crippen LogP contribution in [-0.2, 0) is 6.54 Å². The van der Waals surface area contributed by atoms with Gasteiger partial charge in [-0.1, -0.05) is 30.4 Å². The molecule has 1 N–H and O–H groups in total. The molecule has 0 spiro atoms. The Morgan fingerprint density at radius 1 is 1.19 bits per heavy atom. The van der Waals surface area contributed by atoms with Gasteiger partial charge in [0.05, 0.1) is 0 Å². The number of benzene rings is 1. The minimum Gasteiger partial charge on any atom is -0.380 e. The monoisotopic (exact) mass is 297 g/mol. The van der Waals surface area contributed by atoms with Crippen LogP contribution in [0.1, 0.15) is 42.3 Å². The highest BCUT2D eigenvalue weighted by atomic mass is 32.1. The van der Waals surface area contributed by atoms with E-state index in [1.807, 2.05) is 0 Å². The van der Waals surface area contributed by atoms with Gasteiger partial charge < -0.3 is 5.32 Å². The second kappa shape index (κ2) is 6.77. The molecular weight excluding hydrogens is 274 g/mol. The Kier molecular flexibility index (Phi) is 5.03. The van der Waals surface area contributed by atoms with E-state index in [1.54, 1.807) is 11.3 Å². The summed E-state index contributed by atoms with van der Waals surface area (Å²) in [6.07, 6.45) is 0. The van der Waals surface area contributed by atoms with Gasteiger partial charge in [-0.05, 0) is 67.5 Å². The van der Waals surface area contributed by atoms with Crippen molar-refractivity contribution in [2.24, 2.45) is 0 Å². The molecule has 2 heteroatoms. The minimum absolute atomic E-state index is 0.835. The molecule has 0 aliphatic carbocycles. The second-order valence-corrected chi connectivity index (χ2v) is 6.60. The molecule has 1 nitrogen and oxygen atoms in total. The molecule has 0 saturated carbocycles. The maximum atomic E-state index is 4.18. The summed E-state index contributed by atoms with van der Waals surface area (Å²) in [5.74, 6) is 0. The van der Waals surface area contributed by atoms with Crippen LogP contribution in [0.15, 0.2) is 47.9 Å². The van der Waals surface area contributed by atoms with Gasteiger partial charge in [0.15, 0.2) is 0 Å². The number of allylic oxidation sites excluding steroid dienone is 2. The molecule has 110 valence electrons. The van der Waals surface area contributed by atoms with E-state index in [-0.39, 0.29) is 0 Å². The summed E-state index contributed by atoms with van der Waals surface area (Å²) in [6.45, 7) is 13.7. The van der Waals surface area contributed by atoms with E-state index in [4.69, 9.17) is 0 Å².